The monoisotopic (exact) mass is 381 g/mol. The van der Waals surface area contributed by atoms with Gasteiger partial charge < -0.3 is 10.6 Å². The molecule has 1 aromatic carbocycles. The molecule has 1 aliphatic rings. The topological polar surface area (TPSA) is 32.5 Å². The zero-order valence-corrected chi connectivity index (χ0v) is 13.6. The fraction of sp³-hybridized carbons (Fsp3) is 0.462. The van der Waals surface area contributed by atoms with Crippen LogP contribution < -0.4 is 10.6 Å². The quantitative estimate of drug-likeness (QED) is 0.816. The Morgan fingerprint density at radius 2 is 1.86 bits per heavy atom. The molecule has 1 aliphatic heterocycles. The first-order valence-electron chi connectivity index (χ1n) is 6.40. The third kappa shape index (κ3) is 4.55. The maximum Gasteiger partial charge on any atom is 0.401 e. The summed E-state index contributed by atoms with van der Waals surface area (Å²) < 4.78 is 37.8. The summed E-state index contributed by atoms with van der Waals surface area (Å²) in [4.78, 5) is 3.79. The zero-order chi connectivity index (χ0) is 15.6. The van der Waals surface area contributed by atoms with E-state index < -0.39 is 12.7 Å². The van der Waals surface area contributed by atoms with Crippen LogP contribution in [0, 0.1) is 0 Å². The standard InChI is InChI=1S/C13H15BrF3N3S/c14-11-7-9(1-2-10(11)12(18)21)20-5-3-19(4-6-20)8-13(15,16)17/h1-2,7H,3-6,8H2,(H2,18,21). The molecule has 0 spiro atoms. The van der Waals surface area contributed by atoms with Gasteiger partial charge in [0.05, 0.1) is 6.54 Å². The van der Waals surface area contributed by atoms with Gasteiger partial charge in [-0.3, -0.25) is 4.90 Å². The van der Waals surface area contributed by atoms with Crippen molar-refractivity contribution < 1.29 is 13.2 Å². The van der Waals surface area contributed by atoms with Crippen LogP contribution in [0.2, 0.25) is 0 Å². The molecule has 1 heterocycles. The Morgan fingerprint density at radius 3 is 2.33 bits per heavy atom. The summed E-state index contributed by atoms with van der Waals surface area (Å²) in [6.45, 7) is 1.08. The van der Waals surface area contributed by atoms with E-state index in [1.165, 1.54) is 4.90 Å². The van der Waals surface area contributed by atoms with Crippen LogP contribution in [0.1, 0.15) is 5.56 Å². The van der Waals surface area contributed by atoms with Crippen molar-refractivity contribution in [3.05, 3.63) is 28.2 Å². The third-order valence-electron chi connectivity index (χ3n) is 3.36. The first kappa shape index (κ1) is 16.5. The minimum atomic E-state index is -4.14. The number of nitrogens with zero attached hydrogens (tertiary/aromatic N) is 2. The normalized spacial score (nSPS) is 17.0. The molecule has 0 aliphatic carbocycles. The SMILES string of the molecule is NC(=S)c1ccc(N2CCN(CC(F)(F)F)CC2)cc1Br. The molecule has 0 saturated carbocycles. The fourth-order valence-corrected chi connectivity index (χ4v) is 3.21. The summed E-state index contributed by atoms with van der Waals surface area (Å²) in [6.07, 6.45) is -4.14. The summed E-state index contributed by atoms with van der Waals surface area (Å²) in [7, 11) is 0. The lowest BCUT2D eigenvalue weighted by Crippen LogP contribution is -2.49. The van der Waals surface area contributed by atoms with Crippen molar-refractivity contribution in [2.24, 2.45) is 5.73 Å². The molecule has 3 nitrogen and oxygen atoms in total. The van der Waals surface area contributed by atoms with E-state index in [2.05, 4.69) is 20.8 Å². The molecule has 0 bridgehead atoms. The van der Waals surface area contributed by atoms with Crippen molar-refractivity contribution in [3.63, 3.8) is 0 Å². The molecule has 0 amide bonds. The van der Waals surface area contributed by atoms with Gasteiger partial charge in [-0.15, -0.1) is 0 Å². The Kier molecular flexibility index (Phi) is 5.11. The maximum absolute atomic E-state index is 12.3. The molecule has 1 saturated heterocycles. The molecule has 2 N–H and O–H groups in total. The molecule has 116 valence electrons. The molecule has 0 unspecified atom stereocenters. The van der Waals surface area contributed by atoms with Crippen molar-refractivity contribution in [1.82, 2.24) is 4.90 Å². The van der Waals surface area contributed by atoms with Crippen molar-refractivity contribution >= 4 is 38.8 Å². The minimum Gasteiger partial charge on any atom is -0.389 e. The first-order valence-corrected chi connectivity index (χ1v) is 7.60. The number of hydrogen-bond donors (Lipinski definition) is 1. The van der Waals surface area contributed by atoms with Crippen LogP contribution in [0.4, 0.5) is 18.9 Å². The summed E-state index contributed by atoms with van der Waals surface area (Å²) in [5.74, 6) is 0. The van der Waals surface area contributed by atoms with Crippen LogP contribution in [0.3, 0.4) is 0 Å². The van der Waals surface area contributed by atoms with E-state index in [0.717, 1.165) is 15.7 Å². The molecule has 0 atom stereocenters. The van der Waals surface area contributed by atoms with Gasteiger partial charge >= 0.3 is 6.18 Å². The number of anilines is 1. The molecule has 0 radical (unpaired) electrons. The third-order valence-corrected chi connectivity index (χ3v) is 4.23. The van der Waals surface area contributed by atoms with Crippen molar-refractivity contribution in [2.75, 3.05) is 37.6 Å². The van der Waals surface area contributed by atoms with Crippen LogP contribution in [0.25, 0.3) is 0 Å². The van der Waals surface area contributed by atoms with Gasteiger partial charge in [-0.05, 0) is 34.1 Å². The summed E-state index contributed by atoms with van der Waals surface area (Å²) in [5.41, 5.74) is 7.30. The largest absolute Gasteiger partial charge is 0.401 e. The van der Waals surface area contributed by atoms with Crippen LogP contribution in [0.5, 0.6) is 0 Å². The number of benzene rings is 1. The van der Waals surface area contributed by atoms with E-state index in [-0.39, 0.29) is 0 Å². The van der Waals surface area contributed by atoms with E-state index >= 15 is 0 Å². The Hall–Kier alpha value is -0.860. The average Bonchev–Trinajstić information content (AvgIpc) is 2.37. The maximum atomic E-state index is 12.3. The van der Waals surface area contributed by atoms with Crippen LogP contribution in [0.15, 0.2) is 22.7 Å². The average molecular weight is 382 g/mol. The molecule has 1 fully saturated rings. The highest BCUT2D eigenvalue weighted by atomic mass is 79.9. The molecule has 21 heavy (non-hydrogen) atoms. The highest BCUT2D eigenvalue weighted by Crippen LogP contribution is 2.26. The number of hydrogen-bond acceptors (Lipinski definition) is 3. The number of piperazine rings is 1. The van der Waals surface area contributed by atoms with Crippen molar-refractivity contribution in [2.45, 2.75) is 6.18 Å². The van der Waals surface area contributed by atoms with Gasteiger partial charge in [0, 0.05) is 41.9 Å². The lowest BCUT2D eigenvalue weighted by molar-refractivity contribution is -0.146. The van der Waals surface area contributed by atoms with Crippen LogP contribution in [-0.4, -0.2) is 48.8 Å². The fourth-order valence-electron chi connectivity index (χ4n) is 2.32. The zero-order valence-electron chi connectivity index (χ0n) is 11.2. The number of alkyl halides is 3. The summed E-state index contributed by atoms with van der Waals surface area (Å²) >= 11 is 8.35. The lowest BCUT2D eigenvalue weighted by Gasteiger charge is -2.36. The Labute approximate surface area is 135 Å². The van der Waals surface area contributed by atoms with E-state index in [0.29, 0.717) is 31.2 Å². The second kappa shape index (κ2) is 6.50. The molecule has 8 heteroatoms. The molecular formula is C13H15BrF3N3S. The summed E-state index contributed by atoms with van der Waals surface area (Å²) in [6, 6.07) is 5.61. The Balaban J connectivity index is 1.99. The molecule has 2 rings (SSSR count). The predicted octanol–water partition coefficient (Wildman–Crippen LogP) is 2.77. The van der Waals surface area contributed by atoms with Gasteiger partial charge in [0.25, 0.3) is 0 Å². The summed E-state index contributed by atoms with van der Waals surface area (Å²) in [5, 5.41) is 0. The lowest BCUT2D eigenvalue weighted by atomic mass is 10.2. The predicted molar refractivity (Wildman–Crippen MR) is 84.7 cm³/mol. The molecule has 1 aromatic rings. The number of thiocarbonyl (C=S) groups is 1. The highest BCUT2D eigenvalue weighted by molar-refractivity contribution is 9.10. The number of halogens is 4. The molecule has 0 aromatic heterocycles. The first-order chi connectivity index (χ1) is 9.76. The van der Waals surface area contributed by atoms with E-state index in [4.69, 9.17) is 18.0 Å². The van der Waals surface area contributed by atoms with Gasteiger partial charge in [-0.25, -0.2) is 0 Å². The van der Waals surface area contributed by atoms with Crippen molar-refractivity contribution in [1.29, 1.82) is 0 Å². The number of rotatable bonds is 3. The smallest absolute Gasteiger partial charge is 0.389 e. The van der Waals surface area contributed by atoms with Gasteiger partial charge in [0.2, 0.25) is 0 Å². The Morgan fingerprint density at radius 1 is 1.24 bits per heavy atom. The minimum absolute atomic E-state index is 0.309. The van der Waals surface area contributed by atoms with Gasteiger partial charge in [0.1, 0.15) is 4.99 Å². The van der Waals surface area contributed by atoms with Gasteiger partial charge in [0.15, 0.2) is 0 Å². The second-order valence-corrected chi connectivity index (χ2v) is 6.20. The van der Waals surface area contributed by atoms with E-state index in [1.54, 1.807) is 0 Å². The van der Waals surface area contributed by atoms with Crippen molar-refractivity contribution in [3.8, 4) is 0 Å². The second-order valence-electron chi connectivity index (χ2n) is 4.91. The van der Waals surface area contributed by atoms with Crippen LogP contribution >= 0.6 is 28.1 Å². The Bertz CT molecular complexity index is 528. The van der Waals surface area contributed by atoms with Gasteiger partial charge in [-0.2, -0.15) is 13.2 Å². The molecular weight excluding hydrogens is 367 g/mol. The van der Waals surface area contributed by atoms with E-state index in [9.17, 15) is 13.2 Å². The van der Waals surface area contributed by atoms with Crippen LogP contribution in [-0.2, 0) is 0 Å². The highest BCUT2D eigenvalue weighted by Gasteiger charge is 2.32. The number of nitrogens with two attached hydrogens (primary N) is 1. The van der Waals surface area contributed by atoms with E-state index in [1.807, 2.05) is 18.2 Å². The van der Waals surface area contributed by atoms with Gasteiger partial charge in [-0.1, -0.05) is 12.2 Å².